The first kappa shape index (κ1) is 11.9. The van der Waals surface area contributed by atoms with E-state index in [-0.39, 0.29) is 5.02 Å². The van der Waals surface area contributed by atoms with E-state index in [1.54, 1.807) is 0 Å². The molecule has 0 bridgehead atoms. The number of hydrogen-bond acceptors (Lipinski definition) is 1. The van der Waals surface area contributed by atoms with E-state index in [0.717, 1.165) is 5.56 Å². The van der Waals surface area contributed by atoms with Crippen LogP contribution in [-0.4, -0.2) is 4.98 Å². The van der Waals surface area contributed by atoms with Gasteiger partial charge in [-0.3, -0.25) is 0 Å². The van der Waals surface area contributed by atoms with Gasteiger partial charge in [-0.05, 0) is 12.5 Å². The van der Waals surface area contributed by atoms with Crippen LogP contribution < -0.4 is 0 Å². The van der Waals surface area contributed by atoms with Gasteiger partial charge in [0.15, 0.2) is 0 Å². The lowest BCUT2D eigenvalue weighted by Gasteiger charge is -2.08. The lowest BCUT2D eigenvalue weighted by Crippen LogP contribution is -1.92. The highest BCUT2D eigenvalue weighted by Gasteiger charge is 2.13. The topological polar surface area (TPSA) is 12.9 Å². The van der Waals surface area contributed by atoms with Gasteiger partial charge < -0.3 is 0 Å². The number of nitrogens with zero attached hydrogens (tertiary/aromatic N) is 1. The molecule has 84 valence electrons. The first-order valence-electron chi connectivity index (χ1n) is 4.67. The summed E-state index contributed by atoms with van der Waals surface area (Å²) >= 11 is 17.8. The Morgan fingerprint density at radius 3 is 2.56 bits per heavy atom. The molecular weight excluding hydrogens is 271 g/mol. The molecule has 0 atom stereocenters. The molecule has 2 rings (SSSR count). The summed E-state index contributed by atoms with van der Waals surface area (Å²) in [4.78, 5) is 4.09. The lowest BCUT2D eigenvalue weighted by atomic mass is 10.1. The zero-order chi connectivity index (χ0) is 11.9. The van der Waals surface area contributed by atoms with Gasteiger partial charge >= 0.3 is 0 Å². The van der Waals surface area contributed by atoms with Gasteiger partial charge in [0, 0.05) is 17.0 Å². The van der Waals surface area contributed by atoms with Crippen LogP contribution in [0.25, 0.3) is 10.9 Å². The summed E-state index contributed by atoms with van der Waals surface area (Å²) < 4.78 is 13.2. The number of fused-ring (bicyclic) bond motifs is 1. The maximum Gasteiger partial charge on any atom is 0.143 e. The summed E-state index contributed by atoms with van der Waals surface area (Å²) in [6, 6.07) is 2.70. The largest absolute Gasteiger partial charge is 0.236 e. The van der Waals surface area contributed by atoms with Crippen molar-refractivity contribution in [2.45, 2.75) is 13.3 Å². The molecule has 1 nitrogen and oxygen atoms in total. The van der Waals surface area contributed by atoms with E-state index >= 15 is 0 Å². The van der Waals surface area contributed by atoms with Crippen LogP contribution >= 0.6 is 34.8 Å². The Bertz CT molecular complexity index is 569. The van der Waals surface area contributed by atoms with Gasteiger partial charge in [-0.25, -0.2) is 9.37 Å². The average molecular weight is 279 g/mol. The Balaban J connectivity index is 2.88. The highest BCUT2D eigenvalue weighted by molar-refractivity contribution is 6.39. The second-order valence-electron chi connectivity index (χ2n) is 3.33. The Kier molecular flexibility index (Phi) is 3.24. The molecule has 0 saturated carbocycles. The zero-order valence-electron chi connectivity index (χ0n) is 8.32. The standard InChI is InChI=1S/C11H7Cl3FN/c1-2-5-10(13)6-3-7(12)8(15)4-9(6)16-11(5)14/h3-4H,2H2,1H3. The highest BCUT2D eigenvalue weighted by atomic mass is 35.5. The fourth-order valence-electron chi connectivity index (χ4n) is 1.53. The van der Waals surface area contributed by atoms with Gasteiger partial charge in [0.05, 0.1) is 15.6 Å². The molecule has 1 heterocycles. The SMILES string of the molecule is CCc1c(Cl)nc2cc(F)c(Cl)cc2c1Cl. The molecule has 0 saturated heterocycles. The average Bonchev–Trinajstić information content (AvgIpc) is 2.22. The fraction of sp³-hybridized carbons (Fsp3) is 0.182. The van der Waals surface area contributed by atoms with Crippen LogP contribution in [0.4, 0.5) is 4.39 Å². The van der Waals surface area contributed by atoms with Gasteiger partial charge in [0.25, 0.3) is 0 Å². The second-order valence-corrected chi connectivity index (χ2v) is 4.48. The van der Waals surface area contributed by atoms with Crippen molar-refractivity contribution in [3.8, 4) is 0 Å². The summed E-state index contributed by atoms with van der Waals surface area (Å²) in [5, 5.41) is 1.44. The molecule has 16 heavy (non-hydrogen) atoms. The van der Waals surface area contributed by atoms with Crippen molar-refractivity contribution < 1.29 is 4.39 Å². The molecule has 0 aliphatic carbocycles. The van der Waals surface area contributed by atoms with E-state index in [2.05, 4.69) is 4.98 Å². The van der Waals surface area contributed by atoms with Crippen LogP contribution in [0.2, 0.25) is 15.2 Å². The Hall–Kier alpha value is -0.570. The molecule has 0 unspecified atom stereocenters. The van der Waals surface area contributed by atoms with Crippen molar-refractivity contribution in [3.05, 3.63) is 38.7 Å². The van der Waals surface area contributed by atoms with E-state index in [0.29, 0.717) is 27.5 Å². The molecule has 5 heteroatoms. The highest BCUT2D eigenvalue weighted by Crippen LogP contribution is 2.33. The second kappa shape index (κ2) is 4.36. The number of aromatic nitrogens is 1. The minimum Gasteiger partial charge on any atom is -0.236 e. The lowest BCUT2D eigenvalue weighted by molar-refractivity contribution is 0.630. The number of benzene rings is 1. The van der Waals surface area contributed by atoms with Gasteiger partial charge in [0.1, 0.15) is 11.0 Å². The van der Waals surface area contributed by atoms with Crippen LogP contribution in [0.5, 0.6) is 0 Å². The Morgan fingerprint density at radius 1 is 1.25 bits per heavy atom. The third-order valence-corrected chi connectivity index (χ3v) is 3.40. The van der Waals surface area contributed by atoms with Crippen LogP contribution in [0, 0.1) is 5.82 Å². The Labute approximate surface area is 107 Å². The molecule has 0 N–H and O–H groups in total. The first-order valence-corrected chi connectivity index (χ1v) is 5.80. The van der Waals surface area contributed by atoms with E-state index in [1.807, 2.05) is 6.92 Å². The van der Waals surface area contributed by atoms with Crippen LogP contribution in [-0.2, 0) is 6.42 Å². The van der Waals surface area contributed by atoms with Crippen molar-refractivity contribution in [3.63, 3.8) is 0 Å². The van der Waals surface area contributed by atoms with E-state index < -0.39 is 5.82 Å². The van der Waals surface area contributed by atoms with Crippen molar-refractivity contribution in [2.75, 3.05) is 0 Å². The molecule has 2 aromatic rings. The maximum absolute atomic E-state index is 13.2. The van der Waals surface area contributed by atoms with Crippen LogP contribution in [0.1, 0.15) is 12.5 Å². The van der Waals surface area contributed by atoms with Gasteiger partial charge in [-0.2, -0.15) is 0 Å². The summed E-state index contributed by atoms with van der Waals surface area (Å²) in [5.41, 5.74) is 1.16. The predicted molar refractivity (Wildman–Crippen MR) is 66.1 cm³/mol. The number of rotatable bonds is 1. The molecule has 0 fully saturated rings. The minimum atomic E-state index is -0.530. The first-order chi connectivity index (χ1) is 7.54. The van der Waals surface area contributed by atoms with Crippen molar-refractivity contribution >= 4 is 45.7 Å². The van der Waals surface area contributed by atoms with Crippen molar-refractivity contribution in [2.24, 2.45) is 0 Å². The number of pyridine rings is 1. The van der Waals surface area contributed by atoms with E-state index in [4.69, 9.17) is 34.8 Å². The summed E-state index contributed by atoms with van der Waals surface area (Å²) in [6.45, 7) is 1.92. The van der Waals surface area contributed by atoms with Gasteiger partial charge in [-0.1, -0.05) is 41.7 Å². The minimum absolute atomic E-state index is 0.0283. The predicted octanol–water partition coefficient (Wildman–Crippen LogP) is 4.90. The van der Waals surface area contributed by atoms with E-state index in [1.165, 1.54) is 12.1 Å². The van der Waals surface area contributed by atoms with Crippen LogP contribution in [0.3, 0.4) is 0 Å². The summed E-state index contributed by atoms with van der Waals surface area (Å²) in [5.74, 6) is -0.530. The molecule has 0 radical (unpaired) electrons. The van der Waals surface area contributed by atoms with Crippen molar-refractivity contribution in [1.82, 2.24) is 4.98 Å². The molecule has 0 amide bonds. The van der Waals surface area contributed by atoms with Crippen LogP contribution in [0.15, 0.2) is 12.1 Å². The fourth-order valence-corrected chi connectivity index (χ4v) is 2.44. The van der Waals surface area contributed by atoms with Crippen molar-refractivity contribution in [1.29, 1.82) is 0 Å². The summed E-state index contributed by atoms with van der Waals surface area (Å²) in [6.07, 6.45) is 0.662. The monoisotopic (exact) mass is 277 g/mol. The molecular formula is C11H7Cl3FN. The summed E-state index contributed by atoms with van der Waals surface area (Å²) in [7, 11) is 0. The third kappa shape index (κ3) is 1.86. The smallest absolute Gasteiger partial charge is 0.143 e. The molecule has 1 aromatic heterocycles. The number of halogens is 4. The van der Waals surface area contributed by atoms with Gasteiger partial charge in [-0.15, -0.1) is 0 Å². The molecule has 0 aliphatic heterocycles. The maximum atomic E-state index is 13.2. The normalized spacial score (nSPS) is 11.1. The molecule has 1 aromatic carbocycles. The Morgan fingerprint density at radius 2 is 1.94 bits per heavy atom. The van der Waals surface area contributed by atoms with E-state index in [9.17, 15) is 4.39 Å². The zero-order valence-corrected chi connectivity index (χ0v) is 10.6. The molecule has 0 aliphatic rings. The quantitative estimate of drug-likeness (QED) is 0.676. The van der Waals surface area contributed by atoms with Gasteiger partial charge in [0.2, 0.25) is 0 Å². The third-order valence-electron chi connectivity index (χ3n) is 2.36. The molecule has 0 spiro atoms. The number of hydrogen-bond donors (Lipinski definition) is 0.